The van der Waals surface area contributed by atoms with Gasteiger partial charge in [-0.2, -0.15) is 0 Å². The van der Waals surface area contributed by atoms with Gasteiger partial charge in [-0.1, -0.05) is 0 Å². The minimum atomic E-state index is -3.89. The molecule has 1 saturated heterocycles. The Labute approximate surface area is 142 Å². The molecule has 2 rings (SSSR count). The minimum absolute atomic E-state index is 0.0607. The fourth-order valence-corrected chi connectivity index (χ4v) is 4.01. The summed E-state index contributed by atoms with van der Waals surface area (Å²) >= 11 is 3.02. The van der Waals surface area contributed by atoms with E-state index in [2.05, 4.69) is 20.7 Å². The zero-order valence-corrected chi connectivity index (χ0v) is 14.6. The molecule has 1 heterocycles. The molecule has 128 valence electrons. The number of aliphatic hydroxyl groups excluding tert-OH is 1. The van der Waals surface area contributed by atoms with E-state index in [1.165, 1.54) is 12.1 Å². The van der Waals surface area contributed by atoms with E-state index in [1.54, 1.807) is 0 Å². The van der Waals surface area contributed by atoms with Gasteiger partial charge in [0.15, 0.2) is 0 Å². The first-order valence-corrected chi connectivity index (χ1v) is 9.19. The average Bonchev–Trinajstić information content (AvgIpc) is 2.95. The number of aliphatic hydroxyl groups is 1. The molecular formula is C13H17BrN2O6S. The van der Waals surface area contributed by atoms with Gasteiger partial charge in [-0.3, -0.25) is 10.1 Å². The molecule has 23 heavy (non-hydrogen) atoms. The summed E-state index contributed by atoms with van der Waals surface area (Å²) in [5, 5.41) is 20.1. The highest BCUT2D eigenvalue weighted by Gasteiger charge is 2.35. The van der Waals surface area contributed by atoms with E-state index < -0.39 is 20.4 Å². The normalized spacial score (nSPS) is 21.5. The first-order valence-electron chi connectivity index (χ1n) is 6.92. The third-order valence-corrected chi connectivity index (χ3v) is 5.96. The van der Waals surface area contributed by atoms with Gasteiger partial charge in [-0.15, -0.1) is 0 Å². The third kappa shape index (κ3) is 4.27. The summed E-state index contributed by atoms with van der Waals surface area (Å²) in [4.78, 5) is 10.1. The summed E-state index contributed by atoms with van der Waals surface area (Å²) in [7, 11) is -3.89. The minimum Gasteiger partial charge on any atom is -0.396 e. The van der Waals surface area contributed by atoms with Crippen LogP contribution in [0.5, 0.6) is 0 Å². The van der Waals surface area contributed by atoms with E-state index in [0.29, 0.717) is 26.1 Å². The average molecular weight is 409 g/mol. The van der Waals surface area contributed by atoms with Crippen LogP contribution < -0.4 is 4.72 Å². The second-order valence-electron chi connectivity index (χ2n) is 5.47. The molecule has 1 atom stereocenters. The largest absolute Gasteiger partial charge is 0.396 e. The molecule has 8 nitrogen and oxygen atoms in total. The number of hydrogen-bond donors (Lipinski definition) is 2. The number of ether oxygens (including phenoxy) is 1. The molecule has 0 bridgehead atoms. The van der Waals surface area contributed by atoms with Gasteiger partial charge in [-0.05, 0) is 40.9 Å². The Bertz CT molecular complexity index is 688. The van der Waals surface area contributed by atoms with Crippen LogP contribution in [0, 0.1) is 15.5 Å². The molecular weight excluding hydrogens is 392 g/mol. The maximum absolute atomic E-state index is 12.4. The molecule has 1 aromatic carbocycles. The first-order chi connectivity index (χ1) is 10.8. The predicted octanol–water partition coefficient (Wildman–Crippen LogP) is 1.42. The molecule has 1 aromatic rings. The van der Waals surface area contributed by atoms with Crippen LogP contribution in [0.1, 0.15) is 12.8 Å². The zero-order valence-electron chi connectivity index (χ0n) is 12.2. The number of sulfonamides is 1. The van der Waals surface area contributed by atoms with Crippen LogP contribution in [0.2, 0.25) is 0 Å². The predicted molar refractivity (Wildman–Crippen MR) is 85.6 cm³/mol. The van der Waals surface area contributed by atoms with Crippen LogP contribution in [0.4, 0.5) is 5.69 Å². The van der Waals surface area contributed by atoms with Gasteiger partial charge in [0.05, 0.1) is 20.9 Å². The van der Waals surface area contributed by atoms with Crippen LogP contribution in [0.3, 0.4) is 0 Å². The van der Waals surface area contributed by atoms with E-state index in [1.807, 2.05) is 0 Å². The molecule has 1 fully saturated rings. The van der Waals surface area contributed by atoms with Gasteiger partial charge in [0.2, 0.25) is 10.0 Å². The second-order valence-corrected chi connectivity index (χ2v) is 8.09. The van der Waals surface area contributed by atoms with E-state index in [4.69, 9.17) is 9.84 Å². The number of rotatable bonds is 7. The number of halogens is 1. The zero-order chi connectivity index (χ0) is 17.1. The lowest BCUT2D eigenvalue weighted by molar-refractivity contribution is -0.385. The quantitative estimate of drug-likeness (QED) is 0.520. The van der Waals surface area contributed by atoms with Gasteiger partial charge in [0, 0.05) is 31.2 Å². The summed E-state index contributed by atoms with van der Waals surface area (Å²) in [6.07, 6.45) is 1.08. The van der Waals surface area contributed by atoms with Gasteiger partial charge in [0.1, 0.15) is 0 Å². The van der Waals surface area contributed by atoms with Crippen molar-refractivity contribution in [2.45, 2.75) is 17.7 Å². The summed E-state index contributed by atoms with van der Waals surface area (Å²) in [6, 6.07) is 3.63. The SMILES string of the molecule is O=[N+]([O-])c1cc(S(=O)(=O)NC[C@]2(CCO)CCOC2)ccc1Br. The lowest BCUT2D eigenvalue weighted by atomic mass is 9.84. The molecule has 0 spiro atoms. The molecule has 0 amide bonds. The molecule has 0 saturated carbocycles. The summed E-state index contributed by atoms with van der Waals surface area (Å²) in [5.41, 5.74) is -0.759. The van der Waals surface area contributed by atoms with Crippen molar-refractivity contribution in [1.82, 2.24) is 4.72 Å². The Balaban J connectivity index is 2.19. The molecule has 10 heteroatoms. The number of benzene rings is 1. The topological polar surface area (TPSA) is 119 Å². The Morgan fingerprint density at radius 2 is 2.22 bits per heavy atom. The number of nitrogens with zero attached hydrogens (tertiary/aromatic N) is 1. The summed E-state index contributed by atoms with van der Waals surface area (Å²) in [6.45, 7) is 0.941. The molecule has 0 aliphatic carbocycles. The third-order valence-electron chi connectivity index (χ3n) is 3.89. The van der Waals surface area contributed by atoms with Crippen molar-refractivity contribution in [2.24, 2.45) is 5.41 Å². The smallest absolute Gasteiger partial charge is 0.284 e. The van der Waals surface area contributed by atoms with Crippen molar-refractivity contribution < 1.29 is 23.2 Å². The van der Waals surface area contributed by atoms with Gasteiger partial charge in [0.25, 0.3) is 5.69 Å². The Kier molecular flexibility index (Phi) is 5.74. The van der Waals surface area contributed by atoms with Crippen molar-refractivity contribution in [3.05, 3.63) is 32.8 Å². The maximum atomic E-state index is 12.4. The number of nitro groups is 1. The lowest BCUT2D eigenvalue weighted by Crippen LogP contribution is -2.38. The Hall–Kier alpha value is -1.07. The number of nitrogens with one attached hydrogen (secondary N) is 1. The highest BCUT2D eigenvalue weighted by atomic mass is 79.9. The van der Waals surface area contributed by atoms with Gasteiger partial charge < -0.3 is 9.84 Å². The van der Waals surface area contributed by atoms with E-state index in [9.17, 15) is 18.5 Å². The number of hydrogen-bond acceptors (Lipinski definition) is 6. The maximum Gasteiger partial charge on any atom is 0.284 e. The van der Waals surface area contributed by atoms with Crippen molar-refractivity contribution in [3.8, 4) is 0 Å². The molecule has 0 radical (unpaired) electrons. The molecule has 2 N–H and O–H groups in total. The fraction of sp³-hybridized carbons (Fsp3) is 0.538. The van der Waals surface area contributed by atoms with E-state index in [-0.39, 0.29) is 28.2 Å². The monoisotopic (exact) mass is 408 g/mol. The highest BCUT2D eigenvalue weighted by molar-refractivity contribution is 9.10. The number of nitro benzene ring substituents is 1. The van der Waals surface area contributed by atoms with Crippen LogP contribution >= 0.6 is 15.9 Å². The van der Waals surface area contributed by atoms with Crippen molar-refractivity contribution >= 4 is 31.6 Å². The standard InChI is InChI=1S/C13H17BrN2O6S/c14-11-2-1-10(7-12(11)16(18)19)23(20,21)15-8-13(3-5-17)4-6-22-9-13/h1-2,7,15,17H,3-6,8-9H2/t13-/m0/s1. The molecule has 0 unspecified atom stereocenters. The van der Waals surface area contributed by atoms with Crippen molar-refractivity contribution in [2.75, 3.05) is 26.4 Å². The lowest BCUT2D eigenvalue weighted by Gasteiger charge is -2.26. The van der Waals surface area contributed by atoms with Crippen LogP contribution in [-0.4, -0.2) is 44.8 Å². The highest BCUT2D eigenvalue weighted by Crippen LogP contribution is 2.32. The Morgan fingerprint density at radius 1 is 1.48 bits per heavy atom. The van der Waals surface area contributed by atoms with Crippen LogP contribution in [0.15, 0.2) is 27.6 Å². The summed E-state index contributed by atoms with van der Waals surface area (Å²) < 4.78 is 32.7. The van der Waals surface area contributed by atoms with E-state index in [0.717, 1.165) is 6.07 Å². The van der Waals surface area contributed by atoms with Gasteiger partial charge in [-0.25, -0.2) is 13.1 Å². The molecule has 1 aliphatic rings. The van der Waals surface area contributed by atoms with Crippen LogP contribution in [0.25, 0.3) is 0 Å². The molecule has 0 aromatic heterocycles. The van der Waals surface area contributed by atoms with Crippen molar-refractivity contribution in [3.63, 3.8) is 0 Å². The Morgan fingerprint density at radius 3 is 2.78 bits per heavy atom. The fourth-order valence-electron chi connectivity index (χ4n) is 2.44. The summed E-state index contributed by atoms with van der Waals surface area (Å²) in [5.74, 6) is 0. The molecule has 1 aliphatic heterocycles. The van der Waals surface area contributed by atoms with Gasteiger partial charge >= 0.3 is 0 Å². The second kappa shape index (κ2) is 7.22. The first kappa shape index (κ1) is 18.3. The van der Waals surface area contributed by atoms with Crippen molar-refractivity contribution in [1.29, 1.82) is 0 Å². The van der Waals surface area contributed by atoms with E-state index >= 15 is 0 Å². The van der Waals surface area contributed by atoms with Crippen LogP contribution in [-0.2, 0) is 14.8 Å².